The SMILES string of the molecule is COC(=O)CC(C)C(=O)N1CCCn2nc(C)cc21. The van der Waals surface area contributed by atoms with Gasteiger partial charge in [-0.25, -0.2) is 4.68 Å². The Kier molecular flexibility index (Phi) is 3.87. The lowest BCUT2D eigenvalue weighted by Crippen LogP contribution is -2.41. The molecule has 0 radical (unpaired) electrons. The number of anilines is 1. The molecule has 0 saturated heterocycles. The summed E-state index contributed by atoms with van der Waals surface area (Å²) in [7, 11) is 1.33. The highest BCUT2D eigenvalue weighted by molar-refractivity contribution is 5.96. The zero-order valence-electron chi connectivity index (χ0n) is 11.5. The smallest absolute Gasteiger partial charge is 0.306 e. The van der Waals surface area contributed by atoms with Gasteiger partial charge >= 0.3 is 5.97 Å². The van der Waals surface area contributed by atoms with E-state index in [1.807, 2.05) is 17.7 Å². The quantitative estimate of drug-likeness (QED) is 0.768. The summed E-state index contributed by atoms with van der Waals surface area (Å²) in [5.41, 5.74) is 0.898. The van der Waals surface area contributed by atoms with Crippen LogP contribution in [0.3, 0.4) is 0 Å². The first-order valence-electron chi connectivity index (χ1n) is 6.45. The molecule has 6 heteroatoms. The van der Waals surface area contributed by atoms with E-state index in [-0.39, 0.29) is 24.2 Å². The lowest BCUT2D eigenvalue weighted by atomic mass is 10.1. The van der Waals surface area contributed by atoms with E-state index in [1.54, 1.807) is 11.8 Å². The van der Waals surface area contributed by atoms with Crippen molar-refractivity contribution in [3.8, 4) is 0 Å². The van der Waals surface area contributed by atoms with Crippen molar-refractivity contribution in [2.75, 3.05) is 18.6 Å². The molecule has 0 bridgehead atoms. The second kappa shape index (κ2) is 5.42. The monoisotopic (exact) mass is 265 g/mol. The molecule has 1 amide bonds. The predicted octanol–water partition coefficient (Wildman–Crippen LogP) is 1.13. The summed E-state index contributed by atoms with van der Waals surface area (Å²) in [6.45, 7) is 5.17. The molecule has 0 spiro atoms. The van der Waals surface area contributed by atoms with Crippen LogP contribution in [0.5, 0.6) is 0 Å². The van der Waals surface area contributed by atoms with Crippen molar-refractivity contribution in [2.45, 2.75) is 33.2 Å². The van der Waals surface area contributed by atoms with Gasteiger partial charge in [-0.15, -0.1) is 0 Å². The number of amides is 1. The summed E-state index contributed by atoms with van der Waals surface area (Å²) in [4.78, 5) is 25.4. The molecule has 19 heavy (non-hydrogen) atoms. The van der Waals surface area contributed by atoms with Gasteiger partial charge in [-0.05, 0) is 13.3 Å². The zero-order valence-corrected chi connectivity index (χ0v) is 11.5. The van der Waals surface area contributed by atoms with Gasteiger partial charge in [-0.3, -0.25) is 14.5 Å². The molecule has 1 aliphatic rings. The van der Waals surface area contributed by atoms with E-state index in [2.05, 4.69) is 9.84 Å². The number of hydrogen-bond donors (Lipinski definition) is 0. The Morgan fingerprint density at radius 2 is 2.21 bits per heavy atom. The summed E-state index contributed by atoms with van der Waals surface area (Å²) in [6, 6.07) is 1.90. The van der Waals surface area contributed by atoms with Crippen molar-refractivity contribution in [2.24, 2.45) is 5.92 Å². The molecule has 0 aromatic carbocycles. The number of rotatable bonds is 3. The largest absolute Gasteiger partial charge is 0.469 e. The van der Waals surface area contributed by atoms with Crippen LogP contribution in [-0.4, -0.2) is 35.3 Å². The lowest BCUT2D eigenvalue weighted by Gasteiger charge is -2.29. The van der Waals surface area contributed by atoms with E-state index >= 15 is 0 Å². The third kappa shape index (κ3) is 2.77. The topological polar surface area (TPSA) is 64.4 Å². The maximum absolute atomic E-state index is 12.4. The molecule has 1 aromatic rings. The number of ether oxygens (including phenoxy) is 1. The summed E-state index contributed by atoms with van der Waals surface area (Å²) >= 11 is 0. The van der Waals surface area contributed by atoms with Gasteiger partial charge in [0, 0.05) is 25.1 Å². The summed E-state index contributed by atoms with van der Waals surface area (Å²) in [5.74, 6) is 0.0356. The third-order valence-corrected chi connectivity index (χ3v) is 3.30. The lowest BCUT2D eigenvalue weighted by molar-refractivity contribution is -0.143. The average Bonchev–Trinajstić information content (AvgIpc) is 2.77. The van der Waals surface area contributed by atoms with E-state index in [9.17, 15) is 9.59 Å². The van der Waals surface area contributed by atoms with Crippen LogP contribution in [0, 0.1) is 12.8 Å². The molecule has 104 valence electrons. The summed E-state index contributed by atoms with van der Waals surface area (Å²) < 4.78 is 6.45. The molecule has 2 heterocycles. The second-order valence-corrected chi connectivity index (χ2v) is 4.89. The number of fused-ring (bicyclic) bond motifs is 1. The van der Waals surface area contributed by atoms with Crippen LogP contribution >= 0.6 is 0 Å². The minimum absolute atomic E-state index is 0.0498. The fourth-order valence-corrected chi connectivity index (χ4v) is 2.32. The van der Waals surface area contributed by atoms with Crippen LogP contribution in [0.4, 0.5) is 5.82 Å². The standard InChI is InChI=1S/C13H19N3O3/c1-9(7-12(17)19-3)13(18)15-5-4-6-16-11(15)8-10(2)14-16/h8-9H,4-7H2,1-3H3. The van der Waals surface area contributed by atoms with E-state index in [4.69, 9.17) is 0 Å². The normalized spacial score (nSPS) is 15.8. The predicted molar refractivity (Wildman–Crippen MR) is 69.7 cm³/mol. The zero-order chi connectivity index (χ0) is 14.0. The van der Waals surface area contributed by atoms with Gasteiger partial charge in [0.05, 0.1) is 19.2 Å². The molecule has 1 aromatic heterocycles. The molecule has 0 fully saturated rings. The van der Waals surface area contributed by atoms with Gasteiger partial charge in [0.25, 0.3) is 0 Å². The first-order chi connectivity index (χ1) is 9.02. The van der Waals surface area contributed by atoms with Crippen LogP contribution in [-0.2, 0) is 20.9 Å². The Labute approximate surface area is 112 Å². The van der Waals surface area contributed by atoms with Crippen LogP contribution in [0.15, 0.2) is 6.07 Å². The van der Waals surface area contributed by atoms with Crippen molar-refractivity contribution < 1.29 is 14.3 Å². The number of aromatic nitrogens is 2. The van der Waals surface area contributed by atoms with Crippen molar-refractivity contribution in [1.29, 1.82) is 0 Å². The van der Waals surface area contributed by atoms with E-state index in [0.717, 1.165) is 24.5 Å². The van der Waals surface area contributed by atoms with E-state index < -0.39 is 0 Å². The maximum Gasteiger partial charge on any atom is 0.306 e. The van der Waals surface area contributed by atoms with Crippen molar-refractivity contribution in [3.05, 3.63) is 11.8 Å². The second-order valence-electron chi connectivity index (χ2n) is 4.89. The Balaban J connectivity index is 2.14. The van der Waals surface area contributed by atoms with Crippen molar-refractivity contribution >= 4 is 17.7 Å². The first-order valence-corrected chi connectivity index (χ1v) is 6.45. The molecule has 1 aliphatic heterocycles. The highest BCUT2D eigenvalue weighted by Crippen LogP contribution is 2.24. The minimum Gasteiger partial charge on any atom is -0.469 e. The number of carbonyl (C=O) groups excluding carboxylic acids is 2. The molecule has 0 aliphatic carbocycles. The van der Waals surface area contributed by atoms with Gasteiger partial charge < -0.3 is 4.74 Å². The maximum atomic E-state index is 12.4. The molecular formula is C13H19N3O3. The molecule has 1 unspecified atom stereocenters. The number of nitrogens with zero attached hydrogens (tertiary/aromatic N) is 3. The first kappa shape index (κ1) is 13.6. The van der Waals surface area contributed by atoms with Gasteiger partial charge in [0.2, 0.25) is 5.91 Å². The molecular weight excluding hydrogens is 246 g/mol. The fourth-order valence-electron chi connectivity index (χ4n) is 2.32. The Morgan fingerprint density at radius 1 is 1.47 bits per heavy atom. The van der Waals surface area contributed by atoms with E-state index in [1.165, 1.54) is 7.11 Å². The number of aryl methyl sites for hydroxylation is 2. The van der Waals surface area contributed by atoms with Crippen molar-refractivity contribution in [3.63, 3.8) is 0 Å². The third-order valence-electron chi connectivity index (χ3n) is 3.30. The van der Waals surface area contributed by atoms with Crippen LogP contribution < -0.4 is 4.90 Å². The molecule has 0 N–H and O–H groups in total. The van der Waals surface area contributed by atoms with E-state index in [0.29, 0.717) is 6.54 Å². The van der Waals surface area contributed by atoms with Gasteiger partial charge in [0.1, 0.15) is 5.82 Å². The van der Waals surface area contributed by atoms with Crippen LogP contribution in [0.25, 0.3) is 0 Å². The molecule has 6 nitrogen and oxygen atoms in total. The molecule has 1 atom stereocenters. The van der Waals surface area contributed by atoms with Crippen LogP contribution in [0.2, 0.25) is 0 Å². The number of carbonyl (C=O) groups is 2. The highest BCUT2D eigenvalue weighted by atomic mass is 16.5. The fraction of sp³-hybridized carbons (Fsp3) is 0.615. The van der Waals surface area contributed by atoms with Gasteiger partial charge in [-0.1, -0.05) is 6.92 Å². The van der Waals surface area contributed by atoms with Crippen LogP contribution in [0.1, 0.15) is 25.5 Å². The van der Waals surface area contributed by atoms with Gasteiger partial charge in [0.15, 0.2) is 0 Å². The summed E-state index contributed by atoms with van der Waals surface area (Å²) in [5, 5.41) is 4.35. The molecule has 0 saturated carbocycles. The van der Waals surface area contributed by atoms with Gasteiger partial charge in [-0.2, -0.15) is 5.10 Å². The Morgan fingerprint density at radius 3 is 2.89 bits per heavy atom. The summed E-state index contributed by atoms with van der Waals surface area (Å²) in [6.07, 6.45) is 0.990. The van der Waals surface area contributed by atoms with Crippen molar-refractivity contribution in [1.82, 2.24) is 9.78 Å². The minimum atomic E-state index is -0.380. The Hall–Kier alpha value is -1.85. The Bertz CT molecular complexity index is 495. The number of methoxy groups -OCH3 is 1. The highest BCUT2D eigenvalue weighted by Gasteiger charge is 2.28. The average molecular weight is 265 g/mol. The molecule has 2 rings (SSSR count). The number of hydrogen-bond acceptors (Lipinski definition) is 4. The number of esters is 1.